The summed E-state index contributed by atoms with van der Waals surface area (Å²) in [6.45, 7) is 1.42. The second-order valence-electron chi connectivity index (χ2n) is 5.70. The molecule has 23 heavy (non-hydrogen) atoms. The predicted molar refractivity (Wildman–Crippen MR) is 83.8 cm³/mol. The van der Waals surface area contributed by atoms with E-state index in [9.17, 15) is 4.79 Å². The van der Waals surface area contributed by atoms with Crippen LogP contribution in [0.5, 0.6) is 0 Å². The van der Waals surface area contributed by atoms with Crippen LogP contribution in [0.15, 0.2) is 36.9 Å². The molecule has 1 N–H and O–H groups in total. The van der Waals surface area contributed by atoms with Crippen molar-refractivity contribution < 1.29 is 4.79 Å². The fourth-order valence-electron chi connectivity index (χ4n) is 3.12. The zero-order valence-corrected chi connectivity index (χ0v) is 12.5. The number of hydrogen-bond acceptors (Lipinski definition) is 5. The average molecular weight is 308 g/mol. The van der Waals surface area contributed by atoms with E-state index in [-0.39, 0.29) is 11.8 Å². The molecule has 0 spiro atoms. The Bertz CT molecular complexity index is 831. The molecular weight excluding hydrogens is 292 g/mol. The van der Waals surface area contributed by atoms with Gasteiger partial charge in [0, 0.05) is 43.8 Å². The SMILES string of the molecule is O=C(c1cccnc1)N1CCC[C@@H](c2[nH]nc3nccnc23)C1. The maximum absolute atomic E-state index is 12.6. The molecule has 1 amide bonds. The van der Waals surface area contributed by atoms with Gasteiger partial charge in [-0.1, -0.05) is 0 Å². The molecule has 3 aromatic heterocycles. The summed E-state index contributed by atoms with van der Waals surface area (Å²) in [5, 5.41) is 7.27. The van der Waals surface area contributed by atoms with E-state index >= 15 is 0 Å². The summed E-state index contributed by atoms with van der Waals surface area (Å²) < 4.78 is 0. The minimum atomic E-state index is 0.0257. The van der Waals surface area contributed by atoms with Crippen molar-refractivity contribution >= 4 is 17.1 Å². The molecular formula is C16H16N6O. The molecule has 4 rings (SSSR count). The fraction of sp³-hybridized carbons (Fsp3) is 0.312. The number of carbonyl (C=O) groups is 1. The molecule has 0 saturated carbocycles. The number of nitrogens with zero attached hydrogens (tertiary/aromatic N) is 5. The number of carbonyl (C=O) groups excluding carboxylic acids is 1. The van der Waals surface area contributed by atoms with E-state index in [4.69, 9.17) is 0 Å². The minimum absolute atomic E-state index is 0.0257. The van der Waals surface area contributed by atoms with Gasteiger partial charge >= 0.3 is 0 Å². The number of fused-ring (bicyclic) bond motifs is 1. The van der Waals surface area contributed by atoms with E-state index in [2.05, 4.69) is 25.1 Å². The summed E-state index contributed by atoms with van der Waals surface area (Å²) in [4.78, 5) is 27.1. The highest BCUT2D eigenvalue weighted by atomic mass is 16.2. The molecule has 1 atom stereocenters. The number of amides is 1. The summed E-state index contributed by atoms with van der Waals surface area (Å²) in [6, 6.07) is 3.59. The molecule has 0 bridgehead atoms. The van der Waals surface area contributed by atoms with Crippen LogP contribution in [0.1, 0.15) is 34.8 Å². The van der Waals surface area contributed by atoms with Crippen molar-refractivity contribution in [2.45, 2.75) is 18.8 Å². The Hall–Kier alpha value is -2.83. The normalized spacial score (nSPS) is 18.3. The Labute approximate surface area is 132 Å². The number of aromatic amines is 1. The number of nitrogens with one attached hydrogen (secondary N) is 1. The topological polar surface area (TPSA) is 87.7 Å². The van der Waals surface area contributed by atoms with Gasteiger partial charge < -0.3 is 4.90 Å². The number of rotatable bonds is 2. The quantitative estimate of drug-likeness (QED) is 0.779. The Balaban J connectivity index is 1.59. The van der Waals surface area contributed by atoms with Crippen molar-refractivity contribution in [3.05, 3.63) is 48.2 Å². The van der Waals surface area contributed by atoms with Crippen LogP contribution in [0.25, 0.3) is 11.2 Å². The third-order valence-electron chi connectivity index (χ3n) is 4.24. The van der Waals surface area contributed by atoms with Crippen molar-refractivity contribution in [3.63, 3.8) is 0 Å². The molecule has 1 aliphatic heterocycles. The predicted octanol–water partition coefficient (Wildman–Crippen LogP) is 1.77. The van der Waals surface area contributed by atoms with Crippen LogP contribution >= 0.6 is 0 Å². The molecule has 0 aromatic carbocycles. The van der Waals surface area contributed by atoms with Gasteiger partial charge in [-0.05, 0) is 25.0 Å². The summed E-state index contributed by atoms with van der Waals surface area (Å²) in [5.74, 6) is 0.226. The van der Waals surface area contributed by atoms with Crippen molar-refractivity contribution in [2.24, 2.45) is 0 Å². The summed E-state index contributed by atoms with van der Waals surface area (Å²) in [5.41, 5.74) is 3.02. The average Bonchev–Trinajstić information content (AvgIpc) is 3.06. The van der Waals surface area contributed by atoms with Crippen molar-refractivity contribution in [3.8, 4) is 0 Å². The monoisotopic (exact) mass is 308 g/mol. The van der Waals surface area contributed by atoms with Crippen LogP contribution in [0.2, 0.25) is 0 Å². The summed E-state index contributed by atoms with van der Waals surface area (Å²) >= 11 is 0. The Kier molecular flexibility index (Phi) is 3.45. The largest absolute Gasteiger partial charge is 0.338 e. The number of aromatic nitrogens is 5. The zero-order valence-electron chi connectivity index (χ0n) is 12.5. The second kappa shape index (κ2) is 5.75. The van der Waals surface area contributed by atoms with E-state index in [1.165, 1.54) is 0 Å². The third-order valence-corrected chi connectivity index (χ3v) is 4.24. The maximum Gasteiger partial charge on any atom is 0.255 e. The van der Waals surface area contributed by atoms with Gasteiger partial charge in [-0.3, -0.25) is 14.9 Å². The molecule has 7 nitrogen and oxygen atoms in total. The van der Waals surface area contributed by atoms with Gasteiger partial charge in [-0.25, -0.2) is 9.97 Å². The first-order chi connectivity index (χ1) is 11.3. The first-order valence-corrected chi connectivity index (χ1v) is 7.67. The van der Waals surface area contributed by atoms with Gasteiger partial charge in [0.1, 0.15) is 5.52 Å². The molecule has 1 aliphatic rings. The van der Waals surface area contributed by atoms with E-state index in [1.807, 2.05) is 4.90 Å². The molecule has 3 aromatic rings. The van der Waals surface area contributed by atoms with Gasteiger partial charge in [0.15, 0.2) is 5.65 Å². The van der Waals surface area contributed by atoms with Crippen LogP contribution in [0.4, 0.5) is 0 Å². The zero-order chi connectivity index (χ0) is 15.6. The van der Waals surface area contributed by atoms with Crippen LogP contribution < -0.4 is 0 Å². The first kappa shape index (κ1) is 13.8. The Morgan fingerprint density at radius 3 is 3.04 bits per heavy atom. The van der Waals surface area contributed by atoms with Crippen LogP contribution in [0, 0.1) is 0 Å². The molecule has 0 unspecified atom stereocenters. The Morgan fingerprint density at radius 2 is 2.17 bits per heavy atom. The maximum atomic E-state index is 12.6. The highest BCUT2D eigenvalue weighted by Gasteiger charge is 2.28. The minimum Gasteiger partial charge on any atom is -0.338 e. The van der Waals surface area contributed by atoms with Crippen molar-refractivity contribution in [1.29, 1.82) is 0 Å². The van der Waals surface area contributed by atoms with E-state index in [0.717, 1.165) is 30.6 Å². The molecule has 1 fully saturated rings. The number of hydrogen-bond donors (Lipinski definition) is 1. The lowest BCUT2D eigenvalue weighted by Gasteiger charge is -2.32. The van der Waals surface area contributed by atoms with Crippen LogP contribution in [-0.4, -0.2) is 49.0 Å². The standard InChI is InChI=1S/C16H16N6O/c23-16(11-3-1-5-17-9-11)22-8-2-4-12(10-22)13-14-15(21-20-13)19-7-6-18-14/h1,3,5-7,9,12H,2,4,8,10H2,(H,19,20,21)/t12-/m1/s1. The third kappa shape index (κ3) is 2.54. The molecule has 7 heteroatoms. The number of pyridine rings is 1. The molecule has 0 radical (unpaired) electrons. The number of likely N-dealkylation sites (tertiary alicyclic amines) is 1. The van der Waals surface area contributed by atoms with Crippen LogP contribution in [-0.2, 0) is 0 Å². The Morgan fingerprint density at radius 1 is 1.26 bits per heavy atom. The van der Waals surface area contributed by atoms with E-state index in [1.54, 1.807) is 36.9 Å². The number of H-pyrrole nitrogens is 1. The molecule has 4 heterocycles. The molecule has 1 saturated heterocycles. The van der Waals surface area contributed by atoms with Gasteiger partial charge in [-0.15, -0.1) is 0 Å². The second-order valence-corrected chi connectivity index (χ2v) is 5.70. The summed E-state index contributed by atoms with van der Waals surface area (Å²) in [7, 11) is 0. The van der Waals surface area contributed by atoms with Crippen molar-refractivity contribution in [1.82, 2.24) is 30.0 Å². The van der Waals surface area contributed by atoms with E-state index < -0.39 is 0 Å². The van der Waals surface area contributed by atoms with Gasteiger partial charge in [0.2, 0.25) is 0 Å². The van der Waals surface area contributed by atoms with E-state index in [0.29, 0.717) is 17.8 Å². The van der Waals surface area contributed by atoms with Gasteiger partial charge in [0.25, 0.3) is 5.91 Å². The van der Waals surface area contributed by atoms with Gasteiger partial charge in [0.05, 0.1) is 11.3 Å². The fourth-order valence-corrected chi connectivity index (χ4v) is 3.12. The smallest absolute Gasteiger partial charge is 0.255 e. The molecule has 116 valence electrons. The first-order valence-electron chi connectivity index (χ1n) is 7.67. The van der Waals surface area contributed by atoms with Crippen molar-refractivity contribution in [2.75, 3.05) is 13.1 Å². The number of piperidine rings is 1. The van der Waals surface area contributed by atoms with Gasteiger partial charge in [-0.2, -0.15) is 5.10 Å². The lowest BCUT2D eigenvalue weighted by Crippen LogP contribution is -2.39. The molecule has 0 aliphatic carbocycles. The lowest BCUT2D eigenvalue weighted by atomic mass is 9.94. The highest BCUT2D eigenvalue weighted by molar-refractivity contribution is 5.94. The highest BCUT2D eigenvalue weighted by Crippen LogP contribution is 2.29. The summed E-state index contributed by atoms with van der Waals surface area (Å²) in [6.07, 6.45) is 8.55. The lowest BCUT2D eigenvalue weighted by molar-refractivity contribution is 0.0705. The van der Waals surface area contributed by atoms with Crippen LogP contribution in [0.3, 0.4) is 0 Å².